The normalized spacial score (nSPS) is 19.5. The van der Waals surface area contributed by atoms with Crippen LogP contribution in [-0.2, 0) is 11.2 Å². The Morgan fingerprint density at radius 2 is 1.79 bits per heavy atom. The first-order valence-corrected chi connectivity index (χ1v) is 11.6. The van der Waals surface area contributed by atoms with Gasteiger partial charge in [0, 0.05) is 23.0 Å². The number of aryl methyl sites for hydroxylation is 1. The first kappa shape index (κ1) is 20.5. The number of hydrogen-bond donors (Lipinski definition) is 1. The molecule has 6 rings (SSSR count). The lowest BCUT2D eigenvalue weighted by molar-refractivity contribution is -0.120. The standard InChI is InChI=1S/C28H25N3O3/c1-3-34-20-13-11-19(12-14-20)30-27(32)24-16-22-21-9-4-5-10-23(21)29-25(22)26(31(24)28(30)33)18-8-6-7-17(2)15-18/h4-15,24,26,29H,3,16H2,1-2H3. The minimum absolute atomic E-state index is 0.192. The summed E-state index contributed by atoms with van der Waals surface area (Å²) in [6.07, 6.45) is 0.486. The second-order valence-corrected chi connectivity index (χ2v) is 8.89. The van der Waals surface area contributed by atoms with Crippen LogP contribution in [0, 0.1) is 6.92 Å². The Morgan fingerprint density at radius 3 is 2.56 bits per heavy atom. The molecule has 6 heteroatoms. The molecule has 2 unspecified atom stereocenters. The van der Waals surface area contributed by atoms with E-state index >= 15 is 0 Å². The van der Waals surface area contributed by atoms with Gasteiger partial charge >= 0.3 is 6.03 Å². The number of rotatable bonds is 4. The van der Waals surface area contributed by atoms with E-state index in [2.05, 4.69) is 17.1 Å². The molecule has 0 bridgehead atoms. The lowest BCUT2D eigenvalue weighted by Crippen LogP contribution is -2.44. The summed E-state index contributed by atoms with van der Waals surface area (Å²) >= 11 is 0. The molecule has 1 N–H and O–H groups in total. The first-order valence-electron chi connectivity index (χ1n) is 11.6. The second kappa shape index (κ2) is 7.76. The van der Waals surface area contributed by atoms with Crippen LogP contribution in [-0.4, -0.2) is 34.5 Å². The van der Waals surface area contributed by atoms with Gasteiger partial charge in [-0.05, 0) is 55.3 Å². The Bertz CT molecular complexity index is 1420. The summed E-state index contributed by atoms with van der Waals surface area (Å²) in [5.41, 5.74) is 5.78. The molecule has 34 heavy (non-hydrogen) atoms. The number of H-pyrrole nitrogens is 1. The number of imide groups is 1. The van der Waals surface area contributed by atoms with E-state index in [1.54, 1.807) is 29.2 Å². The second-order valence-electron chi connectivity index (χ2n) is 8.89. The molecule has 4 aromatic rings. The van der Waals surface area contributed by atoms with Crippen molar-refractivity contribution in [3.63, 3.8) is 0 Å². The maximum absolute atomic E-state index is 13.8. The van der Waals surface area contributed by atoms with Crippen LogP contribution >= 0.6 is 0 Å². The number of amides is 3. The topological polar surface area (TPSA) is 65.6 Å². The van der Waals surface area contributed by atoms with Crippen molar-refractivity contribution in [2.24, 2.45) is 0 Å². The average Bonchev–Trinajstić information content (AvgIpc) is 3.33. The smallest absolute Gasteiger partial charge is 0.332 e. The summed E-state index contributed by atoms with van der Waals surface area (Å²) in [6, 6.07) is 22.2. The zero-order valence-corrected chi connectivity index (χ0v) is 19.1. The van der Waals surface area contributed by atoms with Gasteiger partial charge in [0.15, 0.2) is 0 Å². The van der Waals surface area contributed by atoms with Gasteiger partial charge in [-0.1, -0.05) is 48.0 Å². The maximum atomic E-state index is 13.8. The predicted molar refractivity (Wildman–Crippen MR) is 131 cm³/mol. The predicted octanol–water partition coefficient (Wildman–Crippen LogP) is 5.36. The number of nitrogens with one attached hydrogen (secondary N) is 1. The van der Waals surface area contributed by atoms with Gasteiger partial charge < -0.3 is 9.72 Å². The zero-order valence-electron chi connectivity index (χ0n) is 19.1. The monoisotopic (exact) mass is 451 g/mol. The van der Waals surface area contributed by atoms with Gasteiger partial charge in [-0.3, -0.25) is 9.69 Å². The van der Waals surface area contributed by atoms with Crippen molar-refractivity contribution < 1.29 is 14.3 Å². The number of nitrogens with zero attached hydrogens (tertiary/aromatic N) is 2. The van der Waals surface area contributed by atoms with Crippen LogP contribution in [0.5, 0.6) is 5.75 Å². The van der Waals surface area contributed by atoms with Crippen LogP contribution in [0.4, 0.5) is 10.5 Å². The van der Waals surface area contributed by atoms with Crippen LogP contribution in [0.2, 0.25) is 0 Å². The first-order chi connectivity index (χ1) is 16.6. The van der Waals surface area contributed by atoms with Gasteiger partial charge in [0.2, 0.25) is 0 Å². The van der Waals surface area contributed by atoms with E-state index < -0.39 is 6.04 Å². The summed E-state index contributed by atoms with van der Waals surface area (Å²) in [6.45, 7) is 4.52. The largest absolute Gasteiger partial charge is 0.494 e. The highest BCUT2D eigenvalue weighted by Gasteiger charge is 2.53. The number of benzene rings is 3. The van der Waals surface area contributed by atoms with Crippen LogP contribution in [0.25, 0.3) is 10.9 Å². The molecular formula is C28H25N3O3. The van der Waals surface area contributed by atoms with Gasteiger partial charge in [-0.25, -0.2) is 9.69 Å². The van der Waals surface area contributed by atoms with E-state index in [0.717, 1.165) is 33.3 Å². The molecule has 3 heterocycles. The highest BCUT2D eigenvalue weighted by molar-refractivity contribution is 6.22. The number of aromatic nitrogens is 1. The Labute approximate surface area is 197 Å². The molecule has 3 aromatic carbocycles. The quantitative estimate of drug-likeness (QED) is 0.425. The van der Waals surface area contributed by atoms with Gasteiger partial charge in [0.05, 0.1) is 12.3 Å². The van der Waals surface area contributed by atoms with Crippen LogP contribution in [0.3, 0.4) is 0 Å². The number of fused-ring (bicyclic) bond motifs is 4. The zero-order chi connectivity index (χ0) is 23.4. The highest BCUT2D eigenvalue weighted by Crippen LogP contribution is 2.45. The van der Waals surface area contributed by atoms with E-state index in [1.807, 2.05) is 50.2 Å². The Kier molecular flexibility index (Phi) is 4.69. The Hall–Kier alpha value is -4.06. The van der Waals surface area contributed by atoms with Crippen molar-refractivity contribution in [3.05, 3.63) is 95.2 Å². The Morgan fingerprint density at radius 1 is 1.00 bits per heavy atom. The van der Waals surface area contributed by atoms with Crippen molar-refractivity contribution in [3.8, 4) is 5.75 Å². The molecule has 0 spiro atoms. The third kappa shape index (κ3) is 3.02. The summed E-state index contributed by atoms with van der Waals surface area (Å²) in [7, 11) is 0. The fourth-order valence-corrected chi connectivity index (χ4v) is 5.36. The molecule has 2 atom stereocenters. The molecule has 0 radical (unpaired) electrons. The summed E-state index contributed by atoms with van der Waals surface area (Å²) in [5, 5.41) is 1.11. The van der Waals surface area contributed by atoms with Crippen molar-refractivity contribution in [1.82, 2.24) is 9.88 Å². The average molecular weight is 452 g/mol. The molecule has 1 fully saturated rings. The maximum Gasteiger partial charge on any atom is 0.332 e. The fraction of sp³-hybridized carbons (Fsp3) is 0.214. The fourth-order valence-electron chi connectivity index (χ4n) is 5.36. The molecular weight excluding hydrogens is 426 g/mol. The highest BCUT2D eigenvalue weighted by atomic mass is 16.5. The molecule has 0 aliphatic carbocycles. The van der Waals surface area contributed by atoms with E-state index in [4.69, 9.17) is 4.74 Å². The van der Waals surface area contributed by atoms with Crippen LogP contribution in [0.15, 0.2) is 72.8 Å². The number of carbonyl (C=O) groups is 2. The van der Waals surface area contributed by atoms with Crippen molar-refractivity contribution >= 4 is 28.5 Å². The number of aromatic amines is 1. The third-order valence-corrected chi connectivity index (χ3v) is 6.81. The number of carbonyl (C=O) groups excluding carboxylic acids is 2. The number of hydrogen-bond acceptors (Lipinski definition) is 3. The van der Waals surface area contributed by atoms with Gasteiger partial charge in [0.1, 0.15) is 17.8 Å². The lowest BCUT2D eigenvalue weighted by atomic mass is 9.88. The molecule has 2 aliphatic heterocycles. The van der Waals surface area contributed by atoms with E-state index in [1.165, 1.54) is 4.90 Å². The Balaban J connectivity index is 1.49. The van der Waals surface area contributed by atoms with Crippen LogP contribution < -0.4 is 9.64 Å². The van der Waals surface area contributed by atoms with E-state index in [-0.39, 0.29) is 18.0 Å². The SMILES string of the molecule is CCOc1ccc(N2C(=O)C3Cc4c([nH]c5ccccc45)C(c4cccc(C)c4)N3C2=O)cc1. The van der Waals surface area contributed by atoms with E-state index in [0.29, 0.717) is 24.5 Å². The van der Waals surface area contributed by atoms with Gasteiger partial charge in [0.25, 0.3) is 5.91 Å². The number of urea groups is 1. The third-order valence-electron chi connectivity index (χ3n) is 6.81. The van der Waals surface area contributed by atoms with Crippen molar-refractivity contribution in [2.45, 2.75) is 32.4 Å². The molecule has 0 saturated carbocycles. The molecule has 6 nitrogen and oxygen atoms in total. The number of anilines is 1. The number of ether oxygens (including phenoxy) is 1. The van der Waals surface area contributed by atoms with Gasteiger partial charge in [-0.15, -0.1) is 0 Å². The van der Waals surface area contributed by atoms with Gasteiger partial charge in [-0.2, -0.15) is 0 Å². The molecule has 1 aromatic heterocycles. The minimum atomic E-state index is -0.559. The molecule has 3 amide bonds. The van der Waals surface area contributed by atoms with Crippen molar-refractivity contribution in [2.75, 3.05) is 11.5 Å². The summed E-state index contributed by atoms with van der Waals surface area (Å²) in [5.74, 6) is 0.518. The molecule has 170 valence electrons. The lowest BCUT2D eigenvalue weighted by Gasteiger charge is -2.36. The molecule has 1 saturated heterocycles. The van der Waals surface area contributed by atoms with Crippen LogP contribution in [0.1, 0.15) is 35.3 Å². The number of para-hydroxylation sites is 1. The van der Waals surface area contributed by atoms with Crippen molar-refractivity contribution in [1.29, 1.82) is 0 Å². The van der Waals surface area contributed by atoms with E-state index in [9.17, 15) is 9.59 Å². The molecule has 2 aliphatic rings. The summed E-state index contributed by atoms with van der Waals surface area (Å²) in [4.78, 5) is 34.2. The summed E-state index contributed by atoms with van der Waals surface area (Å²) < 4.78 is 5.53. The minimum Gasteiger partial charge on any atom is -0.494 e.